The highest BCUT2D eigenvalue weighted by atomic mass is 16.5. The van der Waals surface area contributed by atoms with E-state index >= 15 is 0 Å². The number of ether oxygens (including phenoxy) is 1. The number of carbonyl (C=O) groups excluding carboxylic acids is 2. The number of carbonyl (C=O) groups is 2. The highest BCUT2D eigenvalue weighted by molar-refractivity contribution is 5.94. The van der Waals surface area contributed by atoms with Crippen LogP contribution in [0.2, 0.25) is 0 Å². The van der Waals surface area contributed by atoms with E-state index in [4.69, 9.17) is 10.5 Å². The van der Waals surface area contributed by atoms with Crippen molar-refractivity contribution in [3.63, 3.8) is 0 Å². The van der Waals surface area contributed by atoms with Crippen LogP contribution in [-0.2, 0) is 4.79 Å². The van der Waals surface area contributed by atoms with E-state index < -0.39 is 0 Å². The van der Waals surface area contributed by atoms with Crippen LogP contribution in [0.3, 0.4) is 0 Å². The van der Waals surface area contributed by atoms with Gasteiger partial charge in [0.1, 0.15) is 5.75 Å². The van der Waals surface area contributed by atoms with Gasteiger partial charge in [-0.05, 0) is 37.5 Å². The van der Waals surface area contributed by atoms with Gasteiger partial charge in [-0.1, -0.05) is 12.5 Å². The molecule has 0 radical (unpaired) electrons. The standard InChI is InChI=1S/C17H25N3O3/c1-23-15-7-3-5-13(11-15)17(22)20-9-8-19-16(21)12-4-2-6-14(18)10-12/h3,5,7,11-12,14H,2,4,6,8-10,18H2,1H3,(H,19,21)(H,20,22). The number of nitrogens with two attached hydrogens (primary N) is 1. The highest BCUT2D eigenvalue weighted by Gasteiger charge is 2.24. The Labute approximate surface area is 136 Å². The van der Waals surface area contributed by atoms with E-state index in [9.17, 15) is 9.59 Å². The molecule has 0 aliphatic heterocycles. The van der Waals surface area contributed by atoms with Gasteiger partial charge >= 0.3 is 0 Å². The summed E-state index contributed by atoms with van der Waals surface area (Å²) >= 11 is 0. The molecule has 4 N–H and O–H groups in total. The summed E-state index contributed by atoms with van der Waals surface area (Å²) in [6, 6.07) is 7.08. The molecule has 0 heterocycles. The molecule has 0 bridgehead atoms. The van der Waals surface area contributed by atoms with Crippen molar-refractivity contribution in [1.29, 1.82) is 0 Å². The molecule has 126 valence electrons. The molecule has 0 aromatic heterocycles. The molecule has 2 unspecified atom stereocenters. The third-order valence-corrected chi connectivity index (χ3v) is 4.13. The average molecular weight is 319 g/mol. The molecule has 2 atom stereocenters. The second-order valence-electron chi connectivity index (χ2n) is 5.90. The van der Waals surface area contributed by atoms with Crippen molar-refractivity contribution < 1.29 is 14.3 Å². The van der Waals surface area contributed by atoms with Crippen molar-refractivity contribution in [2.24, 2.45) is 11.7 Å². The maximum absolute atomic E-state index is 12.0. The van der Waals surface area contributed by atoms with Crippen LogP contribution in [0, 0.1) is 5.92 Å². The summed E-state index contributed by atoms with van der Waals surface area (Å²) in [5.41, 5.74) is 6.43. The Hall–Kier alpha value is -2.08. The van der Waals surface area contributed by atoms with Crippen LogP contribution in [0.25, 0.3) is 0 Å². The van der Waals surface area contributed by atoms with Crippen LogP contribution in [0.15, 0.2) is 24.3 Å². The smallest absolute Gasteiger partial charge is 0.251 e. The van der Waals surface area contributed by atoms with Crippen molar-refractivity contribution in [3.8, 4) is 5.75 Å². The normalized spacial score (nSPS) is 20.6. The van der Waals surface area contributed by atoms with Crippen LogP contribution in [-0.4, -0.2) is 38.1 Å². The fraction of sp³-hybridized carbons (Fsp3) is 0.529. The quantitative estimate of drug-likeness (QED) is 0.684. The predicted octanol–water partition coefficient (Wildman–Crippen LogP) is 1.06. The third-order valence-electron chi connectivity index (χ3n) is 4.13. The first-order valence-corrected chi connectivity index (χ1v) is 8.05. The summed E-state index contributed by atoms with van der Waals surface area (Å²) < 4.78 is 5.09. The summed E-state index contributed by atoms with van der Waals surface area (Å²) in [5, 5.41) is 5.65. The first-order chi connectivity index (χ1) is 11.1. The lowest BCUT2D eigenvalue weighted by atomic mass is 9.85. The van der Waals surface area contributed by atoms with Crippen molar-refractivity contribution in [2.45, 2.75) is 31.7 Å². The largest absolute Gasteiger partial charge is 0.497 e. The molecule has 23 heavy (non-hydrogen) atoms. The molecule has 2 amide bonds. The minimum Gasteiger partial charge on any atom is -0.497 e. The Morgan fingerprint density at radius 3 is 2.78 bits per heavy atom. The van der Waals surface area contributed by atoms with Gasteiger partial charge < -0.3 is 21.1 Å². The molecular weight excluding hydrogens is 294 g/mol. The SMILES string of the molecule is COc1cccc(C(=O)NCCNC(=O)C2CCCC(N)C2)c1. The van der Waals surface area contributed by atoms with Gasteiger partial charge in [-0.2, -0.15) is 0 Å². The molecule has 6 heteroatoms. The number of hydrogen-bond acceptors (Lipinski definition) is 4. The summed E-state index contributed by atoms with van der Waals surface area (Å²) in [4.78, 5) is 24.1. The predicted molar refractivity (Wildman–Crippen MR) is 88.3 cm³/mol. The Kier molecular flexibility index (Phi) is 6.40. The van der Waals surface area contributed by atoms with E-state index in [0.717, 1.165) is 25.7 Å². The van der Waals surface area contributed by atoms with Gasteiger partial charge in [-0.3, -0.25) is 9.59 Å². The van der Waals surface area contributed by atoms with Gasteiger partial charge in [0.15, 0.2) is 0 Å². The van der Waals surface area contributed by atoms with Crippen molar-refractivity contribution in [2.75, 3.05) is 20.2 Å². The Morgan fingerprint density at radius 1 is 1.26 bits per heavy atom. The molecule has 1 aromatic rings. The summed E-state index contributed by atoms with van der Waals surface area (Å²) in [6.07, 6.45) is 3.66. The second kappa shape index (κ2) is 8.53. The van der Waals surface area contributed by atoms with E-state index in [1.807, 2.05) is 0 Å². The summed E-state index contributed by atoms with van der Waals surface area (Å²) in [6.45, 7) is 0.806. The maximum atomic E-state index is 12.0. The molecule has 1 aliphatic rings. The molecule has 2 rings (SSSR count). The van der Waals surface area contributed by atoms with E-state index in [-0.39, 0.29) is 23.8 Å². The van der Waals surface area contributed by atoms with E-state index in [0.29, 0.717) is 24.4 Å². The topological polar surface area (TPSA) is 93.5 Å². The third kappa shape index (κ3) is 5.25. The van der Waals surface area contributed by atoms with Crippen LogP contribution >= 0.6 is 0 Å². The molecular formula is C17H25N3O3. The zero-order valence-electron chi connectivity index (χ0n) is 13.5. The van der Waals surface area contributed by atoms with Crippen LogP contribution in [0.5, 0.6) is 5.75 Å². The lowest BCUT2D eigenvalue weighted by Gasteiger charge is -2.25. The van der Waals surface area contributed by atoms with Gasteiger partial charge in [-0.25, -0.2) is 0 Å². The van der Waals surface area contributed by atoms with Crippen LogP contribution in [0.1, 0.15) is 36.0 Å². The van der Waals surface area contributed by atoms with E-state index in [1.54, 1.807) is 31.4 Å². The zero-order chi connectivity index (χ0) is 16.7. The molecule has 1 saturated carbocycles. The Bertz CT molecular complexity index is 548. The van der Waals surface area contributed by atoms with E-state index in [1.165, 1.54) is 0 Å². The number of amides is 2. The van der Waals surface area contributed by atoms with Crippen LogP contribution < -0.4 is 21.1 Å². The van der Waals surface area contributed by atoms with E-state index in [2.05, 4.69) is 10.6 Å². The first kappa shape index (κ1) is 17.3. The minimum absolute atomic E-state index is 0.00726. The van der Waals surface area contributed by atoms with Crippen molar-refractivity contribution in [3.05, 3.63) is 29.8 Å². The van der Waals surface area contributed by atoms with Crippen LogP contribution in [0.4, 0.5) is 0 Å². The number of nitrogens with one attached hydrogen (secondary N) is 2. The zero-order valence-corrected chi connectivity index (χ0v) is 13.5. The molecule has 1 aliphatic carbocycles. The second-order valence-corrected chi connectivity index (χ2v) is 5.90. The molecule has 1 fully saturated rings. The molecule has 6 nitrogen and oxygen atoms in total. The van der Waals surface area contributed by atoms with Crippen molar-refractivity contribution in [1.82, 2.24) is 10.6 Å². The van der Waals surface area contributed by atoms with Gasteiger partial charge in [-0.15, -0.1) is 0 Å². The number of hydrogen-bond donors (Lipinski definition) is 3. The Morgan fingerprint density at radius 2 is 2.04 bits per heavy atom. The fourth-order valence-electron chi connectivity index (χ4n) is 2.84. The van der Waals surface area contributed by atoms with Crippen molar-refractivity contribution >= 4 is 11.8 Å². The van der Waals surface area contributed by atoms with Gasteiger partial charge in [0.05, 0.1) is 7.11 Å². The minimum atomic E-state index is -0.183. The Balaban J connectivity index is 1.70. The maximum Gasteiger partial charge on any atom is 0.251 e. The lowest BCUT2D eigenvalue weighted by Crippen LogP contribution is -2.40. The average Bonchev–Trinajstić information content (AvgIpc) is 2.58. The van der Waals surface area contributed by atoms with Gasteiger partial charge in [0.2, 0.25) is 5.91 Å². The monoisotopic (exact) mass is 319 g/mol. The van der Waals surface area contributed by atoms with Gasteiger partial charge in [0.25, 0.3) is 5.91 Å². The molecule has 1 aromatic carbocycles. The number of rotatable bonds is 6. The molecule has 0 spiro atoms. The van der Waals surface area contributed by atoms with Gasteiger partial charge in [0, 0.05) is 30.6 Å². The summed E-state index contributed by atoms with van der Waals surface area (Å²) in [5.74, 6) is 0.501. The number of methoxy groups -OCH3 is 1. The lowest BCUT2D eigenvalue weighted by molar-refractivity contribution is -0.126. The first-order valence-electron chi connectivity index (χ1n) is 8.05. The highest BCUT2D eigenvalue weighted by Crippen LogP contribution is 2.22. The summed E-state index contributed by atoms with van der Waals surface area (Å²) in [7, 11) is 1.56. The number of benzene rings is 1. The fourth-order valence-corrected chi connectivity index (χ4v) is 2.84. The molecule has 0 saturated heterocycles.